The number of rotatable bonds is 5. The summed E-state index contributed by atoms with van der Waals surface area (Å²) in [5.74, 6) is 0. The molecule has 1 aliphatic rings. The average molecular weight is 310 g/mol. The summed E-state index contributed by atoms with van der Waals surface area (Å²) in [5.41, 5.74) is 1.71. The molecule has 0 atom stereocenters. The molecule has 1 aromatic rings. The highest BCUT2D eigenvalue weighted by Gasteiger charge is 2.66. The third-order valence-corrected chi connectivity index (χ3v) is 6.78. The van der Waals surface area contributed by atoms with Gasteiger partial charge in [0.15, 0.2) is 0 Å². The minimum absolute atomic E-state index is 0.0173. The van der Waals surface area contributed by atoms with Crippen LogP contribution >= 0.6 is 0 Å². The Morgan fingerprint density at radius 2 is 1.71 bits per heavy atom. The van der Waals surface area contributed by atoms with Crippen molar-refractivity contribution < 1.29 is 8.42 Å². The van der Waals surface area contributed by atoms with Crippen LogP contribution in [0.15, 0.2) is 23.1 Å². The molecule has 0 spiro atoms. The third-order valence-electron chi connectivity index (χ3n) is 5.22. The van der Waals surface area contributed by atoms with Crippen molar-refractivity contribution >= 4 is 10.0 Å². The Kier molecular flexibility index (Phi) is 3.98. The molecule has 1 fully saturated rings. The molecule has 0 bridgehead atoms. The number of hydrogen-bond donors (Lipinski definition) is 2. The summed E-state index contributed by atoms with van der Waals surface area (Å²) >= 11 is 0. The highest BCUT2D eigenvalue weighted by atomic mass is 32.2. The van der Waals surface area contributed by atoms with Crippen LogP contribution < -0.4 is 10.0 Å². The lowest BCUT2D eigenvalue weighted by Crippen LogP contribution is -2.30. The van der Waals surface area contributed by atoms with E-state index in [4.69, 9.17) is 0 Å². The fourth-order valence-corrected chi connectivity index (χ4v) is 4.78. The fourth-order valence-electron chi connectivity index (χ4n) is 2.96. The largest absolute Gasteiger partial charge is 0.316 e. The first-order chi connectivity index (χ1) is 9.54. The molecule has 0 heterocycles. The van der Waals surface area contributed by atoms with Gasteiger partial charge in [-0.1, -0.05) is 39.8 Å². The number of hydrogen-bond acceptors (Lipinski definition) is 3. The Labute approximate surface area is 128 Å². The van der Waals surface area contributed by atoms with Crippen molar-refractivity contribution in [3.05, 3.63) is 29.3 Å². The second kappa shape index (κ2) is 5.07. The van der Waals surface area contributed by atoms with Crippen molar-refractivity contribution in [3.8, 4) is 0 Å². The first-order valence-electron chi connectivity index (χ1n) is 7.30. The minimum Gasteiger partial charge on any atom is -0.316 e. The van der Waals surface area contributed by atoms with E-state index in [1.54, 1.807) is 6.07 Å². The van der Waals surface area contributed by atoms with Crippen molar-refractivity contribution in [3.63, 3.8) is 0 Å². The molecule has 0 aliphatic heterocycles. The molecule has 0 saturated heterocycles. The number of sulfonamides is 1. The van der Waals surface area contributed by atoms with Crippen LogP contribution in [0.5, 0.6) is 0 Å². The van der Waals surface area contributed by atoms with Crippen molar-refractivity contribution in [1.29, 1.82) is 0 Å². The highest BCUT2D eigenvalue weighted by molar-refractivity contribution is 7.89. The molecule has 2 N–H and O–H groups in total. The van der Waals surface area contributed by atoms with Crippen LogP contribution in [0.3, 0.4) is 0 Å². The molecule has 0 unspecified atom stereocenters. The summed E-state index contributed by atoms with van der Waals surface area (Å²) in [4.78, 5) is 0.383. The van der Waals surface area contributed by atoms with Crippen molar-refractivity contribution in [2.75, 3.05) is 7.05 Å². The molecule has 4 nitrogen and oxygen atoms in total. The Bertz CT molecular complexity index is 634. The van der Waals surface area contributed by atoms with Crippen molar-refractivity contribution in [2.45, 2.75) is 52.1 Å². The van der Waals surface area contributed by atoms with Crippen molar-refractivity contribution in [2.24, 2.45) is 10.8 Å². The van der Waals surface area contributed by atoms with E-state index in [1.165, 1.54) is 0 Å². The maximum atomic E-state index is 12.7. The van der Waals surface area contributed by atoms with E-state index in [0.717, 1.165) is 11.1 Å². The maximum Gasteiger partial charge on any atom is 0.241 e. The fraction of sp³-hybridized carbons (Fsp3) is 0.625. The lowest BCUT2D eigenvalue weighted by atomic mass is 10.0. The molecule has 1 aromatic carbocycles. The zero-order chi connectivity index (χ0) is 16.1. The van der Waals surface area contributed by atoms with E-state index in [1.807, 2.05) is 26.1 Å². The number of nitrogens with one attached hydrogen (secondary N) is 2. The molecule has 1 saturated carbocycles. The number of benzene rings is 1. The van der Waals surface area contributed by atoms with Gasteiger partial charge in [0.1, 0.15) is 0 Å². The first kappa shape index (κ1) is 16.5. The SMILES string of the molecule is CNCc1ccc(C)c(S(=O)(=O)NC2C(C)(C)C2(C)C)c1. The molecular formula is C16H26N2O2S. The average Bonchev–Trinajstić information content (AvgIpc) is 2.74. The maximum absolute atomic E-state index is 12.7. The van der Waals surface area contributed by atoms with E-state index in [2.05, 4.69) is 37.7 Å². The van der Waals surface area contributed by atoms with Gasteiger partial charge in [-0.2, -0.15) is 0 Å². The van der Waals surface area contributed by atoms with Crippen LogP contribution in [0, 0.1) is 17.8 Å². The molecule has 1 aliphatic carbocycles. The first-order valence-corrected chi connectivity index (χ1v) is 8.79. The Morgan fingerprint density at radius 1 is 1.14 bits per heavy atom. The number of aryl methyl sites for hydroxylation is 1. The van der Waals surface area contributed by atoms with E-state index in [0.29, 0.717) is 11.4 Å². The summed E-state index contributed by atoms with van der Waals surface area (Å²) in [7, 11) is -1.64. The predicted molar refractivity (Wildman–Crippen MR) is 85.6 cm³/mol. The zero-order valence-electron chi connectivity index (χ0n) is 13.7. The van der Waals surface area contributed by atoms with Gasteiger partial charge in [-0.05, 0) is 42.0 Å². The molecule has 118 valence electrons. The molecule has 0 aromatic heterocycles. The summed E-state index contributed by atoms with van der Waals surface area (Å²) in [6, 6.07) is 5.55. The smallest absolute Gasteiger partial charge is 0.241 e. The molecule has 2 rings (SSSR count). The third kappa shape index (κ3) is 2.74. The summed E-state index contributed by atoms with van der Waals surface area (Å²) in [5, 5.41) is 3.05. The summed E-state index contributed by atoms with van der Waals surface area (Å²) in [6.07, 6.45) is 0. The van der Waals surface area contributed by atoms with Gasteiger partial charge in [-0.3, -0.25) is 0 Å². The van der Waals surface area contributed by atoms with Crippen LogP contribution in [0.4, 0.5) is 0 Å². The van der Waals surface area contributed by atoms with Gasteiger partial charge in [0.05, 0.1) is 4.90 Å². The van der Waals surface area contributed by atoms with E-state index in [9.17, 15) is 8.42 Å². The molecule has 5 heteroatoms. The quantitative estimate of drug-likeness (QED) is 0.878. The second-order valence-electron chi connectivity index (χ2n) is 7.13. The second-order valence-corrected chi connectivity index (χ2v) is 8.81. The van der Waals surface area contributed by atoms with Gasteiger partial charge < -0.3 is 5.32 Å². The van der Waals surface area contributed by atoms with Gasteiger partial charge in [0.2, 0.25) is 10.0 Å². The Balaban J connectivity index is 2.31. The van der Waals surface area contributed by atoms with Crippen LogP contribution in [-0.4, -0.2) is 21.5 Å². The lowest BCUT2D eigenvalue weighted by Gasteiger charge is -2.12. The Morgan fingerprint density at radius 3 is 2.19 bits per heavy atom. The standard InChI is InChI=1S/C16H26N2O2S/c1-11-7-8-12(10-17-6)9-13(11)21(19,20)18-14-15(2,3)16(14,4)5/h7-9,14,17-18H,10H2,1-6H3. The van der Waals surface area contributed by atoms with E-state index >= 15 is 0 Å². The molecular weight excluding hydrogens is 284 g/mol. The minimum atomic E-state index is -3.49. The lowest BCUT2D eigenvalue weighted by molar-refractivity contribution is 0.457. The normalized spacial score (nSPS) is 20.5. The highest BCUT2D eigenvalue weighted by Crippen LogP contribution is 2.62. The summed E-state index contributed by atoms with van der Waals surface area (Å²) in [6.45, 7) is 10.9. The molecule has 21 heavy (non-hydrogen) atoms. The van der Waals surface area contributed by atoms with Gasteiger partial charge in [0.25, 0.3) is 0 Å². The molecule has 0 radical (unpaired) electrons. The van der Waals surface area contributed by atoms with E-state index < -0.39 is 10.0 Å². The van der Waals surface area contributed by atoms with Gasteiger partial charge in [0, 0.05) is 12.6 Å². The van der Waals surface area contributed by atoms with Crippen LogP contribution in [0.2, 0.25) is 0 Å². The Hall–Kier alpha value is -0.910. The van der Waals surface area contributed by atoms with Gasteiger partial charge >= 0.3 is 0 Å². The van der Waals surface area contributed by atoms with Crippen LogP contribution in [0.1, 0.15) is 38.8 Å². The zero-order valence-corrected chi connectivity index (χ0v) is 14.6. The van der Waals surface area contributed by atoms with E-state index in [-0.39, 0.29) is 16.9 Å². The van der Waals surface area contributed by atoms with Crippen LogP contribution in [-0.2, 0) is 16.6 Å². The van der Waals surface area contributed by atoms with Gasteiger partial charge in [-0.15, -0.1) is 0 Å². The topological polar surface area (TPSA) is 58.2 Å². The monoisotopic (exact) mass is 310 g/mol. The molecule has 0 amide bonds. The summed E-state index contributed by atoms with van der Waals surface area (Å²) < 4.78 is 28.3. The van der Waals surface area contributed by atoms with Crippen LogP contribution in [0.25, 0.3) is 0 Å². The van der Waals surface area contributed by atoms with Crippen molar-refractivity contribution in [1.82, 2.24) is 10.0 Å². The van der Waals surface area contributed by atoms with Gasteiger partial charge in [-0.25, -0.2) is 13.1 Å². The predicted octanol–water partition coefficient (Wildman–Crippen LogP) is 2.43.